The predicted octanol–water partition coefficient (Wildman–Crippen LogP) is 1.32. The first-order valence-corrected chi connectivity index (χ1v) is 7.29. The summed E-state index contributed by atoms with van der Waals surface area (Å²) in [4.78, 5) is 19.3. The first-order valence-electron chi connectivity index (χ1n) is 6.41. The van der Waals surface area contributed by atoms with Crippen molar-refractivity contribution in [2.75, 3.05) is 20.6 Å². The van der Waals surface area contributed by atoms with E-state index in [0.29, 0.717) is 6.54 Å². The van der Waals surface area contributed by atoms with Crippen LogP contribution in [0.4, 0.5) is 0 Å². The lowest BCUT2D eigenvalue weighted by molar-refractivity contribution is -0.124. The van der Waals surface area contributed by atoms with E-state index in [9.17, 15) is 4.79 Å². The average molecular weight is 293 g/mol. The van der Waals surface area contributed by atoms with Crippen molar-refractivity contribution in [3.05, 3.63) is 35.0 Å². The third-order valence-electron chi connectivity index (χ3n) is 3.18. The molecule has 20 heavy (non-hydrogen) atoms. The number of carbonyl (C=O) groups is 1. The maximum atomic E-state index is 12.1. The molecule has 0 saturated heterocycles. The van der Waals surface area contributed by atoms with Gasteiger partial charge in [0.2, 0.25) is 5.91 Å². The van der Waals surface area contributed by atoms with Crippen molar-refractivity contribution in [1.29, 1.82) is 0 Å². The van der Waals surface area contributed by atoms with E-state index in [1.165, 1.54) is 11.2 Å². The lowest BCUT2D eigenvalue weighted by Crippen LogP contribution is -2.37. The lowest BCUT2D eigenvalue weighted by atomic mass is 10.2. The number of nitrogens with one attached hydrogen (secondary N) is 1. The molecule has 0 bridgehead atoms. The molecule has 0 unspecified atom stereocenters. The van der Waals surface area contributed by atoms with E-state index < -0.39 is 0 Å². The second-order valence-electron chi connectivity index (χ2n) is 4.79. The van der Waals surface area contributed by atoms with Crippen LogP contribution in [0.2, 0.25) is 0 Å². The van der Waals surface area contributed by atoms with Gasteiger partial charge in [-0.15, -0.1) is 11.3 Å². The second-order valence-corrected chi connectivity index (χ2v) is 5.77. The van der Waals surface area contributed by atoms with Gasteiger partial charge in [-0.2, -0.15) is 5.10 Å². The number of hydrogen-bond donors (Lipinski definition) is 1. The van der Waals surface area contributed by atoms with E-state index in [-0.39, 0.29) is 18.0 Å². The first-order chi connectivity index (χ1) is 9.59. The standard InChI is InChI=1S/C13H19N5OS/c1-10(18-9-14-8-16-18)13(19)15-7-11(17(2)3)12-5-4-6-20-12/h4-6,8-11H,7H2,1-3H3,(H,15,19)/t10-,11-/m1/s1. The molecular formula is C13H19N5OS. The van der Waals surface area contributed by atoms with Gasteiger partial charge in [0.1, 0.15) is 18.7 Å². The maximum absolute atomic E-state index is 12.1. The maximum Gasteiger partial charge on any atom is 0.244 e. The van der Waals surface area contributed by atoms with Gasteiger partial charge in [-0.05, 0) is 32.5 Å². The average Bonchev–Trinajstić information content (AvgIpc) is 3.10. The van der Waals surface area contributed by atoms with Gasteiger partial charge >= 0.3 is 0 Å². The quantitative estimate of drug-likeness (QED) is 0.872. The summed E-state index contributed by atoms with van der Waals surface area (Å²) < 4.78 is 1.55. The molecule has 0 aliphatic carbocycles. The number of thiophene rings is 1. The molecule has 2 atom stereocenters. The number of carbonyl (C=O) groups excluding carboxylic acids is 1. The Hall–Kier alpha value is -1.73. The van der Waals surface area contributed by atoms with Crippen LogP contribution in [0.1, 0.15) is 23.9 Å². The Balaban J connectivity index is 1.94. The first kappa shape index (κ1) is 14.7. The molecule has 0 aliphatic heterocycles. The molecule has 108 valence electrons. The summed E-state index contributed by atoms with van der Waals surface area (Å²) in [6.07, 6.45) is 2.98. The molecule has 7 heteroatoms. The highest BCUT2D eigenvalue weighted by Gasteiger charge is 2.19. The zero-order chi connectivity index (χ0) is 14.5. The SMILES string of the molecule is C[C@H](C(=O)NC[C@H](c1cccs1)N(C)C)n1cncn1. The Morgan fingerprint density at radius 2 is 2.35 bits per heavy atom. The third kappa shape index (κ3) is 3.43. The fraction of sp³-hybridized carbons (Fsp3) is 0.462. The number of likely N-dealkylation sites (N-methyl/N-ethyl adjacent to an activating group) is 1. The Morgan fingerprint density at radius 3 is 2.90 bits per heavy atom. The molecule has 2 aromatic rings. The summed E-state index contributed by atoms with van der Waals surface area (Å²) in [5.74, 6) is -0.0566. The minimum atomic E-state index is -0.358. The monoisotopic (exact) mass is 293 g/mol. The highest BCUT2D eigenvalue weighted by Crippen LogP contribution is 2.22. The van der Waals surface area contributed by atoms with E-state index in [2.05, 4.69) is 26.4 Å². The minimum absolute atomic E-state index is 0.0566. The van der Waals surface area contributed by atoms with Crippen LogP contribution in [0.5, 0.6) is 0 Å². The number of amides is 1. The van der Waals surface area contributed by atoms with Crippen molar-refractivity contribution in [3.8, 4) is 0 Å². The van der Waals surface area contributed by atoms with Gasteiger partial charge in [0.05, 0.1) is 6.04 Å². The van der Waals surface area contributed by atoms with E-state index in [1.54, 1.807) is 29.3 Å². The molecule has 0 radical (unpaired) electrons. The fourth-order valence-electron chi connectivity index (χ4n) is 1.90. The van der Waals surface area contributed by atoms with E-state index in [0.717, 1.165) is 0 Å². The van der Waals surface area contributed by atoms with Crippen LogP contribution in [0.25, 0.3) is 0 Å². The van der Waals surface area contributed by atoms with E-state index >= 15 is 0 Å². The molecule has 1 N–H and O–H groups in total. The third-order valence-corrected chi connectivity index (χ3v) is 4.15. The van der Waals surface area contributed by atoms with Crippen LogP contribution in [0.3, 0.4) is 0 Å². The summed E-state index contributed by atoms with van der Waals surface area (Å²) in [5.41, 5.74) is 0. The van der Waals surface area contributed by atoms with Gasteiger partial charge < -0.3 is 10.2 Å². The van der Waals surface area contributed by atoms with Gasteiger partial charge in [0.25, 0.3) is 0 Å². The zero-order valence-corrected chi connectivity index (χ0v) is 12.7. The molecule has 0 aliphatic rings. The number of hydrogen-bond acceptors (Lipinski definition) is 5. The summed E-state index contributed by atoms with van der Waals surface area (Å²) >= 11 is 1.70. The van der Waals surface area contributed by atoms with Gasteiger partial charge in [0.15, 0.2) is 0 Å². The molecule has 2 rings (SSSR count). The van der Waals surface area contributed by atoms with Gasteiger partial charge in [-0.1, -0.05) is 6.07 Å². The zero-order valence-electron chi connectivity index (χ0n) is 11.9. The number of nitrogens with zero attached hydrogens (tertiary/aromatic N) is 4. The van der Waals surface area contributed by atoms with Gasteiger partial charge in [-0.3, -0.25) is 4.79 Å². The molecule has 0 aromatic carbocycles. The van der Waals surface area contributed by atoms with Crippen molar-refractivity contribution in [3.63, 3.8) is 0 Å². The predicted molar refractivity (Wildman–Crippen MR) is 78.5 cm³/mol. The largest absolute Gasteiger partial charge is 0.352 e. The number of rotatable bonds is 6. The number of aromatic nitrogens is 3. The Morgan fingerprint density at radius 1 is 1.55 bits per heavy atom. The Bertz CT molecular complexity index is 523. The van der Waals surface area contributed by atoms with Crippen molar-refractivity contribution in [2.45, 2.75) is 19.0 Å². The van der Waals surface area contributed by atoms with Crippen molar-refractivity contribution in [2.24, 2.45) is 0 Å². The van der Waals surface area contributed by atoms with E-state index in [4.69, 9.17) is 0 Å². The molecular weight excluding hydrogens is 274 g/mol. The highest BCUT2D eigenvalue weighted by molar-refractivity contribution is 7.10. The topological polar surface area (TPSA) is 63.1 Å². The van der Waals surface area contributed by atoms with Crippen LogP contribution in [-0.4, -0.2) is 46.2 Å². The van der Waals surface area contributed by atoms with Crippen molar-refractivity contribution in [1.82, 2.24) is 25.0 Å². The Labute approximate surface area is 122 Å². The lowest BCUT2D eigenvalue weighted by Gasteiger charge is -2.24. The minimum Gasteiger partial charge on any atom is -0.352 e. The molecule has 0 spiro atoms. The van der Waals surface area contributed by atoms with E-state index in [1.807, 2.05) is 25.5 Å². The molecule has 2 aromatic heterocycles. The fourth-order valence-corrected chi connectivity index (χ4v) is 2.82. The molecule has 0 saturated carbocycles. The van der Waals surface area contributed by atoms with Crippen LogP contribution in [0.15, 0.2) is 30.2 Å². The van der Waals surface area contributed by atoms with Crippen LogP contribution >= 0.6 is 11.3 Å². The highest BCUT2D eigenvalue weighted by atomic mass is 32.1. The van der Waals surface area contributed by atoms with Crippen molar-refractivity contribution >= 4 is 17.2 Å². The molecule has 6 nitrogen and oxygen atoms in total. The summed E-state index contributed by atoms with van der Waals surface area (Å²) in [6, 6.07) is 3.93. The molecule has 2 heterocycles. The summed E-state index contributed by atoms with van der Waals surface area (Å²) in [5, 5.41) is 9.01. The van der Waals surface area contributed by atoms with Crippen LogP contribution in [0, 0.1) is 0 Å². The van der Waals surface area contributed by atoms with Gasteiger partial charge in [-0.25, -0.2) is 9.67 Å². The summed E-state index contributed by atoms with van der Waals surface area (Å²) in [7, 11) is 4.02. The Kier molecular flexibility index (Phi) is 4.86. The molecule has 0 fully saturated rings. The second kappa shape index (κ2) is 6.62. The van der Waals surface area contributed by atoms with Crippen LogP contribution < -0.4 is 5.32 Å². The summed E-state index contributed by atoms with van der Waals surface area (Å²) in [6.45, 7) is 2.38. The van der Waals surface area contributed by atoms with Gasteiger partial charge in [0, 0.05) is 11.4 Å². The van der Waals surface area contributed by atoms with Crippen molar-refractivity contribution < 1.29 is 4.79 Å². The molecule has 1 amide bonds. The normalized spacial score (nSPS) is 14.2. The van der Waals surface area contributed by atoms with Crippen LogP contribution in [-0.2, 0) is 4.79 Å². The smallest absolute Gasteiger partial charge is 0.244 e.